The van der Waals surface area contributed by atoms with Gasteiger partial charge in [0.15, 0.2) is 0 Å². The number of likely N-dealkylation sites (N-methyl/N-ethyl adjacent to an activating group) is 1. The van der Waals surface area contributed by atoms with Crippen LogP contribution in [0.2, 0.25) is 0 Å². The Hall–Kier alpha value is -1.94. The fourth-order valence-corrected chi connectivity index (χ4v) is 1.68. The minimum atomic E-state index is -0.727. The molecule has 1 heterocycles. The highest BCUT2D eigenvalue weighted by molar-refractivity contribution is 5.96. The topological polar surface area (TPSA) is 88.7 Å². The third kappa shape index (κ3) is 4.63. The summed E-state index contributed by atoms with van der Waals surface area (Å²) in [5.74, 6) is 5.28. The van der Waals surface area contributed by atoms with E-state index in [0.717, 1.165) is 0 Å². The van der Waals surface area contributed by atoms with Gasteiger partial charge in [-0.05, 0) is 6.07 Å². The van der Waals surface area contributed by atoms with Crippen LogP contribution in [0.15, 0.2) is 18.5 Å². The summed E-state index contributed by atoms with van der Waals surface area (Å²) in [4.78, 5) is 17.7. The third-order valence-electron chi connectivity index (χ3n) is 2.57. The van der Waals surface area contributed by atoms with Crippen molar-refractivity contribution in [2.75, 3.05) is 33.9 Å². The van der Waals surface area contributed by atoms with Crippen molar-refractivity contribution in [3.63, 3.8) is 0 Å². The molecule has 0 bridgehead atoms. The minimum Gasteiger partial charge on any atom is -0.389 e. The second kappa shape index (κ2) is 8.27. The predicted octanol–water partition coefficient (Wildman–Crippen LogP) is -0.529. The molecule has 6 heteroatoms. The Bertz CT molecular complexity index is 508. The summed E-state index contributed by atoms with van der Waals surface area (Å²) in [6.45, 7) is 0.567. The van der Waals surface area contributed by atoms with E-state index in [4.69, 9.17) is 10.5 Å². The second-order valence-corrected chi connectivity index (χ2v) is 4.22. The summed E-state index contributed by atoms with van der Waals surface area (Å²) in [6, 6.07) is 1.60. The first-order valence-corrected chi connectivity index (χ1v) is 6.15. The van der Waals surface area contributed by atoms with E-state index in [1.807, 2.05) is 0 Å². The van der Waals surface area contributed by atoms with E-state index in [1.54, 1.807) is 13.1 Å². The van der Waals surface area contributed by atoms with Gasteiger partial charge in [0.05, 0.1) is 30.4 Å². The van der Waals surface area contributed by atoms with Gasteiger partial charge < -0.3 is 20.5 Å². The number of carbonyl (C=O) groups is 1. The number of nitrogens with two attached hydrogens (primary N) is 1. The molecule has 0 aromatic carbocycles. The molecule has 0 saturated heterocycles. The number of nitrogens with zero attached hydrogens (tertiary/aromatic N) is 2. The van der Waals surface area contributed by atoms with Gasteiger partial charge in [0.25, 0.3) is 5.91 Å². The number of methoxy groups -OCH3 is 1. The van der Waals surface area contributed by atoms with Crippen LogP contribution >= 0.6 is 0 Å². The molecule has 0 saturated carbocycles. The van der Waals surface area contributed by atoms with Crippen molar-refractivity contribution >= 4 is 5.91 Å². The van der Waals surface area contributed by atoms with Crippen LogP contribution in [-0.4, -0.2) is 60.9 Å². The lowest BCUT2D eigenvalue weighted by molar-refractivity contribution is 0.0380. The third-order valence-corrected chi connectivity index (χ3v) is 2.57. The molecule has 0 aliphatic heterocycles. The number of rotatable bonds is 5. The zero-order chi connectivity index (χ0) is 15.0. The van der Waals surface area contributed by atoms with Crippen molar-refractivity contribution in [2.45, 2.75) is 6.10 Å². The van der Waals surface area contributed by atoms with Crippen molar-refractivity contribution in [2.24, 2.45) is 5.73 Å². The lowest BCUT2D eigenvalue weighted by atomic mass is 10.1. The lowest BCUT2D eigenvalue weighted by Gasteiger charge is -2.21. The summed E-state index contributed by atoms with van der Waals surface area (Å²) in [5.41, 5.74) is 6.29. The molecule has 0 aliphatic rings. The van der Waals surface area contributed by atoms with E-state index < -0.39 is 6.10 Å². The van der Waals surface area contributed by atoms with Gasteiger partial charge in [0.2, 0.25) is 0 Å². The van der Waals surface area contributed by atoms with Crippen molar-refractivity contribution in [1.29, 1.82) is 0 Å². The molecule has 20 heavy (non-hydrogen) atoms. The first-order valence-electron chi connectivity index (χ1n) is 6.15. The Morgan fingerprint density at radius 3 is 3.05 bits per heavy atom. The van der Waals surface area contributed by atoms with Crippen molar-refractivity contribution < 1.29 is 14.6 Å². The van der Waals surface area contributed by atoms with E-state index >= 15 is 0 Å². The molecule has 1 amide bonds. The smallest absolute Gasteiger partial charge is 0.255 e. The van der Waals surface area contributed by atoms with Crippen LogP contribution in [-0.2, 0) is 4.74 Å². The van der Waals surface area contributed by atoms with Gasteiger partial charge >= 0.3 is 0 Å². The molecule has 108 valence electrons. The maximum atomic E-state index is 12.3. The number of ether oxygens (including phenoxy) is 1. The number of hydrogen-bond donors (Lipinski definition) is 2. The molecule has 0 spiro atoms. The molecule has 6 nitrogen and oxygen atoms in total. The van der Waals surface area contributed by atoms with Crippen LogP contribution in [0.3, 0.4) is 0 Å². The maximum absolute atomic E-state index is 12.3. The van der Waals surface area contributed by atoms with Gasteiger partial charge in [-0.25, -0.2) is 0 Å². The first kappa shape index (κ1) is 16.1. The summed E-state index contributed by atoms with van der Waals surface area (Å²) in [5, 5.41) is 9.65. The van der Waals surface area contributed by atoms with Crippen molar-refractivity contribution in [1.82, 2.24) is 9.88 Å². The summed E-state index contributed by atoms with van der Waals surface area (Å²) < 4.78 is 4.83. The van der Waals surface area contributed by atoms with Gasteiger partial charge in [-0.2, -0.15) is 0 Å². The number of pyridine rings is 1. The Labute approximate surface area is 118 Å². The molecule has 0 fully saturated rings. The average molecular weight is 277 g/mol. The Morgan fingerprint density at radius 2 is 2.40 bits per heavy atom. The standard InChI is InChI=1S/C14H19N3O3/c1-17(9-12(18)10-20-2)14(19)13-5-7-16-8-11(13)4-3-6-15/h5,7-8,12,18H,6,9-10,15H2,1-2H3. The first-order chi connectivity index (χ1) is 9.60. The molecular weight excluding hydrogens is 258 g/mol. The number of carbonyl (C=O) groups excluding carboxylic acids is 1. The van der Waals surface area contributed by atoms with Crippen molar-refractivity contribution in [3.8, 4) is 11.8 Å². The maximum Gasteiger partial charge on any atom is 0.255 e. The average Bonchev–Trinajstić information content (AvgIpc) is 2.44. The molecule has 3 N–H and O–H groups in total. The number of aliphatic hydroxyl groups excluding tert-OH is 1. The molecule has 1 aromatic heterocycles. The van der Waals surface area contributed by atoms with E-state index in [9.17, 15) is 9.90 Å². The Balaban J connectivity index is 2.86. The van der Waals surface area contributed by atoms with Gasteiger partial charge in [-0.15, -0.1) is 0 Å². The SMILES string of the molecule is COCC(O)CN(C)C(=O)c1ccncc1C#CCN. The van der Waals surface area contributed by atoms with Gasteiger partial charge in [-0.1, -0.05) is 11.8 Å². The summed E-state index contributed by atoms with van der Waals surface area (Å²) in [7, 11) is 3.11. The quantitative estimate of drug-likeness (QED) is 0.706. The van der Waals surface area contributed by atoms with Gasteiger partial charge in [-0.3, -0.25) is 9.78 Å². The fourth-order valence-electron chi connectivity index (χ4n) is 1.68. The van der Waals surface area contributed by atoms with Crippen LogP contribution in [0.4, 0.5) is 0 Å². The normalized spacial score (nSPS) is 11.4. The number of aliphatic hydroxyl groups is 1. The van der Waals surface area contributed by atoms with Crippen molar-refractivity contribution in [3.05, 3.63) is 29.6 Å². The monoisotopic (exact) mass is 277 g/mol. The van der Waals surface area contributed by atoms with Crippen LogP contribution in [0, 0.1) is 11.8 Å². The van der Waals surface area contributed by atoms with Crippen LogP contribution in [0.25, 0.3) is 0 Å². The molecule has 1 atom stereocenters. The molecule has 1 aromatic rings. The minimum absolute atomic E-state index is 0.174. The molecule has 0 aliphatic carbocycles. The zero-order valence-electron chi connectivity index (χ0n) is 11.7. The van der Waals surface area contributed by atoms with Crippen LogP contribution < -0.4 is 5.73 Å². The Morgan fingerprint density at radius 1 is 1.65 bits per heavy atom. The van der Waals surface area contributed by atoms with Gasteiger partial charge in [0.1, 0.15) is 0 Å². The molecule has 1 unspecified atom stereocenters. The number of hydrogen-bond acceptors (Lipinski definition) is 5. The number of amides is 1. The van der Waals surface area contributed by atoms with E-state index in [2.05, 4.69) is 16.8 Å². The van der Waals surface area contributed by atoms with Gasteiger partial charge in [0, 0.05) is 33.1 Å². The predicted molar refractivity (Wildman–Crippen MR) is 75.0 cm³/mol. The zero-order valence-corrected chi connectivity index (χ0v) is 11.7. The molecule has 1 rings (SSSR count). The fraction of sp³-hybridized carbons (Fsp3) is 0.429. The Kier molecular flexibility index (Phi) is 6.67. The summed E-state index contributed by atoms with van der Waals surface area (Å²) in [6.07, 6.45) is 2.32. The van der Waals surface area contributed by atoms with Crippen LogP contribution in [0.5, 0.6) is 0 Å². The highest BCUT2D eigenvalue weighted by Crippen LogP contribution is 2.09. The molecular formula is C14H19N3O3. The summed E-state index contributed by atoms with van der Waals surface area (Å²) >= 11 is 0. The van der Waals surface area contributed by atoms with E-state index in [-0.39, 0.29) is 25.6 Å². The van der Waals surface area contributed by atoms with Crippen LogP contribution in [0.1, 0.15) is 15.9 Å². The number of aromatic nitrogens is 1. The highest BCUT2D eigenvalue weighted by Gasteiger charge is 2.17. The second-order valence-electron chi connectivity index (χ2n) is 4.22. The molecule has 0 radical (unpaired) electrons. The van der Waals surface area contributed by atoms with E-state index in [0.29, 0.717) is 11.1 Å². The lowest BCUT2D eigenvalue weighted by Crippen LogP contribution is -2.36. The van der Waals surface area contributed by atoms with E-state index in [1.165, 1.54) is 24.4 Å². The largest absolute Gasteiger partial charge is 0.389 e. The highest BCUT2D eigenvalue weighted by atomic mass is 16.5.